The minimum Gasteiger partial charge on any atom is -0.338 e. The Morgan fingerprint density at radius 3 is 2.30 bits per heavy atom. The van der Waals surface area contributed by atoms with Gasteiger partial charge in [0.2, 0.25) is 11.6 Å². The van der Waals surface area contributed by atoms with E-state index in [2.05, 4.69) is 10.3 Å². The lowest BCUT2D eigenvalue weighted by atomic mass is 9.97. The van der Waals surface area contributed by atoms with Crippen molar-refractivity contribution < 1.29 is 31.9 Å². The van der Waals surface area contributed by atoms with Crippen LogP contribution < -0.4 is 5.32 Å². The van der Waals surface area contributed by atoms with Gasteiger partial charge in [0, 0.05) is 19.8 Å². The zero-order valence-electron chi connectivity index (χ0n) is 16.3. The van der Waals surface area contributed by atoms with Crippen molar-refractivity contribution in [2.75, 3.05) is 26.0 Å². The molecule has 1 saturated heterocycles. The molecular weight excluding hydrogens is 410 g/mol. The lowest BCUT2D eigenvalue weighted by molar-refractivity contribution is -0.228. The largest absolute Gasteiger partial charge is 0.426 e. The first-order valence-corrected chi connectivity index (χ1v) is 8.84. The van der Waals surface area contributed by atoms with E-state index >= 15 is 0 Å². The summed E-state index contributed by atoms with van der Waals surface area (Å²) in [6.07, 6.45) is -4.52. The van der Waals surface area contributed by atoms with Crippen LogP contribution in [0.15, 0.2) is 29.3 Å². The summed E-state index contributed by atoms with van der Waals surface area (Å²) in [7, 11) is 2.82. The van der Waals surface area contributed by atoms with Gasteiger partial charge >= 0.3 is 12.2 Å². The molecule has 0 spiro atoms. The van der Waals surface area contributed by atoms with Crippen molar-refractivity contribution in [2.24, 2.45) is 4.99 Å². The van der Waals surface area contributed by atoms with Gasteiger partial charge in [-0.2, -0.15) is 13.2 Å². The van der Waals surface area contributed by atoms with E-state index in [1.165, 1.54) is 30.2 Å². The Hall–Kier alpha value is -3.18. The number of amides is 4. The van der Waals surface area contributed by atoms with Crippen molar-refractivity contribution in [1.82, 2.24) is 14.7 Å². The Morgan fingerprint density at radius 2 is 1.73 bits per heavy atom. The number of nitrogens with one attached hydrogen (secondary N) is 1. The van der Waals surface area contributed by atoms with E-state index in [0.29, 0.717) is 6.92 Å². The molecule has 3 rings (SSSR count). The van der Waals surface area contributed by atoms with Gasteiger partial charge in [-0.05, 0) is 24.6 Å². The van der Waals surface area contributed by atoms with Gasteiger partial charge in [-0.25, -0.2) is 14.2 Å². The Morgan fingerprint density at radius 1 is 1.13 bits per heavy atom. The fourth-order valence-corrected chi connectivity index (χ4v) is 3.24. The molecule has 0 saturated carbocycles. The predicted molar refractivity (Wildman–Crippen MR) is 98.3 cm³/mol. The molecule has 2 heterocycles. The normalized spacial score (nSPS) is 23.5. The van der Waals surface area contributed by atoms with Crippen molar-refractivity contribution in [3.05, 3.63) is 29.8 Å². The number of urea groups is 1. The smallest absolute Gasteiger partial charge is 0.338 e. The summed E-state index contributed by atoms with van der Waals surface area (Å²) in [5.41, 5.74) is -3.95. The molecule has 12 heteroatoms. The summed E-state index contributed by atoms with van der Waals surface area (Å²) < 4.78 is 52.3. The third-order valence-corrected chi connectivity index (χ3v) is 5.15. The van der Waals surface area contributed by atoms with Crippen LogP contribution >= 0.6 is 0 Å². The number of imide groups is 1. The number of carbonyl (C=O) groups is 3. The number of likely N-dealkylation sites (N-methyl/N-ethyl adjacent to an activating group) is 2. The van der Waals surface area contributed by atoms with E-state index in [1.54, 1.807) is 0 Å². The summed E-state index contributed by atoms with van der Waals surface area (Å²) >= 11 is 0. The number of aliphatic imine (C=N–C) groups is 1. The topological polar surface area (TPSA) is 85.3 Å². The average Bonchev–Trinajstić information content (AvgIpc) is 3.07. The maximum Gasteiger partial charge on any atom is 0.426 e. The highest BCUT2D eigenvalue weighted by Gasteiger charge is 2.53. The van der Waals surface area contributed by atoms with Gasteiger partial charge in [0.1, 0.15) is 0 Å². The van der Waals surface area contributed by atoms with E-state index in [9.17, 15) is 31.9 Å². The Bertz CT molecular complexity index is 900. The summed E-state index contributed by atoms with van der Waals surface area (Å²) in [6, 6.07) is 2.83. The second-order valence-electron chi connectivity index (χ2n) is 7.21. The average molecular weight is 429 g/mol. The van der Waals surface area contributed by atoms with Crippen molar-refractivity contribution in [2.45, 2.75) is 31.0 Å². The molecular formula is C18H19F4N5O3. The van der Waals surface area contributed by atoms with Gasteiger partial charge in [-0.3, -0.25) is 14.5 Å². The van der Waals surface area contributed by atoms with Crippen LogP contribution in [0.1, 0.15) is 12.5 Å². The van der Waals surface area contributed by atoms with E-state index in [-0.39, 0.29) is 12.2 Å². The van der Waals surface area contributed by atoms with Crippen LogP contribution in [0.2, 0.25) is 0 Å². The molecule has 1 aromatic carbocycles. The minimum atomic E-state index is -5.07. The van der Waals surface area contributed by atoms with E-state index < -0.39 is 47.5 Å². The molecule has 162 valence electrons. The summed E-state index contributed by atoms with van der Waals surface area (Å²) in [5, 5.41) is 2.48. The molecule has 0 bridgehead atoms. The molecule has 0 aromatic heterocycles. The van der Waals surface area contributed by atoms with Gasteiger partial charge < -0.3 is 15.1 Å². The number of halogens is 4. The van der Waals surface area contributed by atoms with Crippen LogP contribution in [0.3, 0.4) is 0 Å². The summed E-state index contributed by atoms with van der Waals surface area (Å²) in [6.45, 7) is 0.140. The molecule has 2 aliphatic rings. The first kappa shape index (κ1) is 21.5. The van der Waals surface area contributed by atoms with Crippen LogP contribution in [-0.4, -0.2) is 77.9 Å². The number of hydrogen-bond acceptors (Lipinski definition) is 5. The van der Waals surface area contributed by atoms with Crippen molar-refractivity contribution in [1.29, 1.82) is 0 Å². The predicted octanol–water partition coefficient (Wildman–Crippen LogP) is 1.93. The lowest BCUT2D eigenvalue weighted by Gasteiger charge is -2.39. The number of benzene rings is 1. The molecule has 0 aliphatic carbocycles. The molecule has 3 unspecified atom stereocenters. The minimum absolute atomic E-state index is 0.161. The van der Waals surface area contributed by atoms with Gasteiger partial charge in [-0.1, -0.05) is 12.1 Å². The SMILES string of the molecule is CN1C(=O)C2C(N=CN2CC(=O)Nc2ccc(C(C)(F)C(F)(F)F)cc2)N(C)C1=O. The molecule has 0 radical (unpaired) electrons. The van der Waals surface area contributed by atoms with E-state index in [1.807, 2.05) is 0 Å². The first-order chi connectivity index (χ1) is 13.8. The molecule has 30 heavy (non-hydrogen) atoms. The number of nitrogens with zero attached hydrogens (tertiary/aromatic N) is 4. The fraction of sp³-hybridized carbons (Fsp3) is 0.444. The number of rotatable bonds is 4. The number of hydrogen-bond donors (Lipinski definition) is 1. The van der Waals surface area contributed by atoms with E-state index in [4.69, 9.17) is 0 Å². The van der Waals surface area contributed by atoms with Gasteiger partial charge in [-0.15, -0.1) is 0 Å². The molecule has 1 fully saturated rings. The fourth-order valence-electron chi connectivity index (χ4n) is 3.24. The highest BCUT2D eigenvalue weighted by molar-refractivity contribution is 6.02. The highest BCUT2D eigenvalue weighted by atomic mass is 19.4. The van der Waals surface area contributed by atoms with Gasteiger partial charge in [0.05, 0.1) is 12.9 Å². The molecule has 3 atom stereocenters. The molecule has 1 aromatic rings. The number of alkyl halides is 4. The highest BCUT2D eigenvalue weighted by Crippen LogP contribution is 2.42. The monoisotopic (exact) mass is 429 g/mol. The van der Waals surface area contributed by atoms with Crippen molar-refractivity contribution in [3.63, 3.8) is 0 Å². The lowest BCUT2D eigenvalue weighted by Crippen LogP contribution is -2.64. The van der Waals surface area contributed by atoms with Gasteiger partial charge in [0.15, 0.2) is 12.2 Å². The third-order valence-electron chi connectivity index (χ3n) is 5.15. The van der Waals surface area contributed by atoms with Crippen LogP contribution in [0.25, 0.3) is 0 Å². The van der Waals surface area contributed by atoms with Crippen molar-refractivity contribution in [3.8, 4) is 0 Å². The maximum absolute atomic E-state index is 14.0. The molecule has 1 N–H and O–H groups in total. The van der Waals surface area contributed by atoms with Crippen LogP contribution in [0.4, 0.5) is 28.0 Å². The zero-order valence-corrected chi connectivity index (χ0v) is 16.3. The van der Waals surface area contributed by atoms with Crippen LogP contribution in [-0.2, 0) is 15.3 Å². The Balaban J connectivity index is 1.66. The van der Waals surface area contributed by atoms with E-state index in [0.717, 1.165) is 29.2 Å². The van der Waals surface area contributed by atoms with Crippen LogP contribution in [0, 0.1) is 0 Å². The van der Waals surface area contributed by atoms with Crippen molar-refractivity contribution >= 4 is 29.9 Å². The molecule has 2 aliphatic heterocycles. The zero-order chi connectivity index (χ0) is 22.4. The third kappa shape index (κ3) is 3.57. The molecule has 8 nitrogen and oxygen atoms in total. The number of anilines is 1. The Kier molecular flexibility index (Phi) is 5.21. The second-order valence-corrected chi connectivity index (χ2v) is 7.21. The van der Waals surface area contributed by atoms with Gasteiger partial charge in [0.25, 0.3) is 5.91 Å². The molecule has 4 amide bonds. The quantitative estimate of drug-likeness (QED) is 0.742. The summed E-state index contributed by atoms with van der Waals surface area (Å²) in [4.78, 5) is 44.4. The standard InChI is InChI=1S/C18H19F4N5O3/c1-17(19,18(20,21)22)10-4-6-11(7-5-10)24-12(28)8-27-9-23-14-13(27)15(29)26(3)16(30)25(14)2/h4-7,9,13-14H,8H2,1-3H3,(H,24,28). The Labute approximate surface area is 169 Å². The summed E-state index contributed by atoms with van der Waals surface area (Å²) in [5.74, 6) is -1.07. The first-order valence-electron chi connectivity index (χ1n) is 8.84. The van der Waals surface area contributed by atoms with Crippen LogP contribution in [0.5, 0.6) is 0 Å². The number of fused-ring (bicyclic) bond motifs is 1. The number of carbonyl (C=O) groups excluding carboxylic acids is 3. The second kappa shape index (κ2) is 7.26. The maximum atomic E-state index is 14.0.